The van der Waals surface area contributed by atoms with Crippen LogP contribution < -0.4 is 15.4 Å². The molecule has 1 aliphatic heterocycles. The number of ketones is 1. The van der Waals surface area contributed by atoms with E-state index in [0.717, 1.165) is 36.3 Å². The highest BCUT2D eigenvalue weighted by atomic mass is 16.5. The Hall–Kier alpha value is -3.08. The van der Waals surface area contributed by atoms with Crippen molar-refractivity contribution in [2.45, 2.75) is 52.5 Å². The molecular formula is C26H32N2O3. The number of hydrogen-bond donors (Lipinski definition) is 2. The summed E-state index contributed by atoms with van der Waals surface area (Å²) in [5, 5.41) is 6.43. The molecule has 1 amide bonds. The van der Waals surface area contributed by atoms with E-state index in [9.17, 15) is 9.59 Å². The molecule has 2 aromatic rings. The Kier molecular flexibility index (Phi) is 6.84. The van der Waals surface area contributed by atoms with Gasteiger partial charge in [0.15, 0.2) is 5.78 Å². The number of rotatable bonds is 7. The van der Waals surface area contributed by atoms with Crippen LogP contribution in [0, 0.1) is 5.92 Å². The van der Waals surface area contributed by atoms with E-state index in [1.165, 1.54) is 5.56 Å². The molecule has 5 heteroatoms. The molecule has 0 saturated heterocycles. The second-order valence-electron chi connectivity index (χ2n) is 8.71. The first-order chi connectivity index (χ1) is 14.8. The van der Waals surface area contributed by atoms with Crippen molar-refractivity contribution in [3.05, 3.63) is 65.2 Å². The van der Waals surface area contributed by atoms with Crippen LogP contribution in [0.5, 0.6) is 5.75 Å². The fourth-order valence-corrected chi connectivity index (χ4v) is 3.99. The first kappa shape index (κ1) is 22.6. The zero-order chi connectivity index (χ0) is 22.6. The molecule has 1 aliphatic rings. The van der Waals surface area contributed by atoms with Crippen LogP contribution in [-0.2, 0) is 11.2 Å². The van der Waals surface area contributed by atoms with Crippen molar-refractivity contribution < 1.29 is 14.3 Å². The minimum Gasteiger partial charge on any atom is -0.497 e. The van der Waals surface area contributed by atoms with Crippen LogP contribution in [-0.4, -0.2) is 24.3 Å². The Bertz CT molecular complexity index is 986. The van der Waals surface area contributed by atoms with Gasteiger partial charge in [-0.3, -0.25) is 9.59 Å². The summed E-state index contributed by atoms with van der Waals surface area (Å²) < 4.78 is 5.37. The van der Waals surface area contributed by atoms with Gasteiger partial charge in [0.1, 0.15) is 5.75 Å². The number of ether oxygens (including phenoxy) is 1. The van der Waals surface area contributed by atoms with Crippen LogP contribution >= 0.6 is 0 Å². The molecule has 1 heterocycles. The van der Waals surface area contributed by atoms with Gasteiger partial charge in [-0.25, -0.2) is 0 Å². The fraction of sp³-hybridized carbons (Fsp3) is 0.385. The normalized spacial score (nSPS) is 15.9. The van der Waals surface area contributed by atoms with E-state index in [1.807, 2.05) is 26.0 Å². The van der Waals surface area contributed by atoms with Gasteiger partial charge >= 0.3 is 0 Å². The number of allylic oxidation sites excluding steroid dienone is 1. The summed E-state index contributed by atoms with van der Waals surface area (Å²) in [6.45, 7) is 8.26. The maximum absolute atomic E-state index is 13.0. The number of fused-ring (bicyclic) bond motifs is 1. The Morgan fingerprint density at radius 3 is 2.42 bits per heavy atom. The number of benzene rings is 2. The lowest BCUT2D eigenvalue weighted by molar-refractivity contribution is -0.120. The number of methoxy groups -OCH3 is 1. The first-order valence-corrected chi connectivity index (χ1v) is 10.9. The van der Waals surface area contributed by atoms with Gasteiger partial charge in [-0.05, 0) is 75.1 Å². The highest BCUT2D eigenvalue weighted by molar-refractivity contribution is 6.09. The molecule has 2 aromatic carbocycles. The summed E-state index contributed by atoms with van der Waals surface area (Å²) in [5.74, 6) is 0.692. The average molecular weight is 421 g/mol. The smallest absolute Gasteiger partial charge is 0.227 e. The number of amides is 1. The summed E-state index contributed by atoms with van der Waals surface area (Å²) in [7, 11) is 1.64. The van der Waals surface area contributed by atoms with E-state index in [2.05, 4.69) is 30.5 Å². The van der Waals surface area contributed by atoms with Gasteiger partial charge in [0.2, 0.25) is 5.91 Å². The van der Waals surface area contributed by atoms with Crippen molar-refractivity contribution in [1.82, 2.24) is 5.32 Å². The monoisotopic (exact) mass is 420 g/mol. The van der Waals surface area contributed by atoms with Crippen molar-refractivity contribution in [3.8, 4) is 5.75 Å². The standard InChI is InChI=1S/C26H32N2O3/c1-6-17(7-2)25(30)27-20-11-8-18(9-12-20)24(29)15-23-22-14-21(31-5)13-10-19(22)16-26(3,4)28-23/h8-15,17,28H,6-7,16H2,1-5H3,(H,27,30). The molecule has 0 radical (unpaired) electrons. The van der Waals surface area contributed by atoms with Gasteiger partial charge in [0.05, 0.1) is 7.11 Å². The van der Waals surface area contributed by atoms with Crippen molar-refractivity contribution in [3.63, 3.8) is 0 Å². The molecular weight excluding hydrogens is 388 g/mol. The van der Waals surface area contributed by atoms with E-state index in [0.29, 0.717) is 11.3 Å². The predicted molar refractivity (Wildman–Crippen MR) is 125 cm³/mol. The SMILES string of the molecule is CCC(CC)C(=O)Nc1ccc(C(=O)C=C2NC(C)(C)Cc3ccc(OC)cc32)cc1. The molecule has 0 unspecified atom stereocenters. The molecule has 0 fully saturated rings. The second kappa shape index (κ2) is 9.38. The van der Waals surface area contributed by atoms with Crippen molar-refractivity contribution in [1.29, 1.82) is 0 Å². The zero-order valence-corrected chi connectivity index (χ0v) is 19.0. The lowest BCUT2D eigenvalue weighted by Gasteiger charge is -2.35. The Labute approximate surface area is 184 Å². The van der Waals surface area contributed by atoms with Gasteiger partial charge in [0, 0.05) is 40.0 Å². The molecule has 5 nitrogen and oxygen atoms in total. The molecule has 2 N–H and O–H groups in total. The molecule has 31 heavy (non-hydrogen) atoms. The number of nitrogens with one attached hydrogen (secondary N) is 2. The van der Waals surface area contributed by atoms with Crippen LogP contribution in [0.2, 0.25) is 0 Å². The maximum atomic E-state index is 13.0. The van der Waals surface area contributed by atoms with Crippen LogP contribution in [0.1, 0.15) is 62.0 Å². The van der Waals surface area contributed by atoms with Gasteiger partial charge < -0.3 is 15.4 Å². The number of anilines is 1. The maximum Gasteiger partial charge on any atom is 0.227 e. The molecule has 164 valence electrons. The molecule has 0 atom stereocenters. The molecule has 0 spiro atoms. The quantitative estimate of drug-likeness (QED) is 0.476. The van der Waals surface area contributed by atoms with Crippen LogP contribution in [0.15, 0.2) is 48.5 Å². The summed E-state index contributed by atoms with van der Waals surface area (Å²) in [6.07, 6.45) is 4.13. The average Bonchev–Trinajstić information content (AvgIpc) is 2.74. The molecule has 0 aliphatic carbocycles. The Morgan fingerprint density at radius 1 is 1.13 bits per heavy atom. The third-order valence-electron chi connectivity index (χ3n) is 5.78. The zero-order valence-electron chi connectivity index (χ0n) is 19.0. The van der Waals surface area contributed by atoms with Crippen LogP contribution in [0.25, 0.3) is 5.70 Å². The number of carbonyl (C=O) groups excluding carboxylic acids is 2. The summed E-state index contributed by atoms with van der Waals surface area (Å²) in [6, 6.07) is 13.0. The van der Waals surface area contributed by atoms with Gasteiger partial charge in [0.25, 0.3) is 0 Å². The molecule has 0 bridgehead atoms. The summed E-state index contributed by atoms with van der Waals surface area (Å²) >= 11 is 0. The van der Waals surface area contributed by atoms with Crippen LogP contribution in [0.3, 0.4) is 0 Å². The van der Waals surface area contributed by atoms with Crippen LogP contribution in [0.4, 0.5) is 5.69 Å². The van der Waals surface area contributed by atoms with Crippen molar-refractivity contribution in [2.24, 2.45) is 5.92 Å². The van der Waals surface area contributed by atoms with Crippen molar-refractivity contribution in [2.75, 3.05) is 12.4 Å². The van der Waals surface area contributed by atoms with E-state index >= 15 is 0 Å². The largest absolute Gasteiger partial charge is 0.497 e. The predicted octanol–water partition coefficient (Wildman–Crippen LogP) is 5.22. The topological polar surface area (TPSA) is 67.4 Å². The third kappa shape index (κ3) is 5.35. The first-order valence-electron chi connectivity index (χ1n) is 10.9. The molecule has 3 rings (SSSR count). The number of carbonyl (C=O) groups is 2. The lowest BCUT2D eigenvalue weighted by Crippen LogP contribution is -2.43. The third-order valence-corrected chi connectivity index (χ3v) is 5.78. The van der Waals surface area contributed by atoms with E-state index in [-0.39, 0.29) is 23.1 Å². The minimum atomic E-state index is -0.156. The van der Waals surface area contributed by atoms with Crippen molar-refractivity contribution >= 4 is 23.1 Å². The Morgan fingerprint density at radius 2 is 1.81 bits per heavy atom. The summed E-state index contributed by atoms with van der Waals surface area (Å²) in [4.78, 5) is 25.3. The highest BCUT2D eigenvalue weighted by Gasteiger charge is 2.28. The Balaban J connectivity index is 1.83. The number of hydrogen-bond acceptors (Lipinski definition) is 4. The summed E-state index contributed by atoms with van der Waals surface area (Å²) in [5.41, 5.74) is 4.08. The van der Waals surface area contributed by atoms with Gasteiger partial charge in [-0.2, -0.15) is 0 Å². The lowest BCUT2D eigenvalue weighted by atomic mass is 9.85. The van der Waals surface area contributed by atoms with Gasteiger partial charge in [-0.15, -0.1) is 0 Å². The molecule has 0 saturated carbocycles. The molecule has 0 aromatic heterocycles. The van der Waals surface area contributed by atoms with E-state index in [1.54, 1.807) is 37.5 Å². The van der Waals surface area contributed by atoms with E-state index in [4.69, 9.17) is 4.74 Å². The van der Waals surface area contributed by atoms with Gasteiger partial charge in [-0.1, -0.05) is 19.9 Å². The van der Waals surface area contributed by atoms with E-state index < -0.39 is 0 Å². The highest BCUT2D eigenvalue weighted by Crippen LogP contribution is 2.32. The second-order valence-corrected chi connectivity index (χ2v) is 8.71. The minimum absolute atomic E-state index is 0.00355. The fourth-order valence-electron chi connectivity index (χ4n) is 3.99.